The molecule has 6 N–H and O–H groups in total. The van der Waals surface area contributed by atoms with Gasteiger partial charge in [0.1, 0.15) is 35.7 Å². The first-order valence-electron chi connectivity index (χ1n) is 23.4. The third-order valence-electron chi connectivity index (χ3n) is 12.3. The van der Waals surface area contributed by atoms with E-state index in [1.165, 1.54) is 62.8 Å². The predicted molar refractivity (Wildman–Crippen MR) is 245 cm³/mol. The summed E-state index contributed by atoms with van der Waals surface area (Å²) in [5, 5.41) is 14.1. The third-order valence-corrected chi connectivity index (χ3v) is 12.3. The van der Waals surface area contributed by atoms with Crippen LogP contribution in [0, 0.1) is 17.8 Å². The number of phenolic OH excluding ortho intramolecular Hbond substituents is 1. The van der Waals surface area contributed by atoms with E-state index in [9.17, 15) is 33.9 Å². The number of phenols is 1. The van der Waals surface area contributed by atoms with E-state index in [4.69, 9.17) is 16.2 Å². The largest absolute Gasteiger partial charge is 0.507 e. The Labute approximate surface area is 370 Å². The molecule has 0 unspecified atom stereocenters. The topological polar surface area (TPSA) is 199 Å². The predicted octanol–water partition coefficient (Wildman–Crippen LogP) is 8.12. The van der Waals surface area contributed by atoms with Crippen molar-refractivity contribution in [3.8, 4) is 22.6 Å². The minimum atomic E-state index is -1.17. The molecule has 4 bridgehead atoms. The van der Waals surface area contributed by atoms with Gasteiger partial charge in [-0.3, -0.25) is 28.8 Å². The molecule has 12 heteroatoms. The molecule has 12 nitrogen and oxygen atoms in total. The maximum atomic E-state index is 14.6. The van der Waals surface area contributed by atoms with E-state index < -0.39 is 41.5 Å². The highest BCUT2D eigenvalue weighted by molar-refractivity contribution is 5.97. The highest BCUT2D eigenvalue weighted by Crippen LogP contribution is 2.40. The second-order valence-electron chi connectivity index (χ2n) is 17.6. The second-order valence-corrected chi connectivity index (χ2v) is 17.6. The Morgan fingerprint density at radius 3 is 2.13 bits per heavy atom. The fourth-order valence-electron chi connectivity index (χ4n) is 8.29. The van der Waals surface area contributed by atoms with Gasteiger partial charge in [-0.05, 0) is 74.5 Å². The molecule has 0 aliphatic carbocycles. The zero-order chi connectivity index (χ0) is 45.6. The zero-order valence-electron chi connectivity index (χ0n) is 38.3. The number of ether oxygens (including phenoxy) is 1. The van der Waals surface area contributed by atoms with Crippen molar-refractivity contribution >= 4 is 34.9 Å². The lowest BCUT2D eigenvalue weighted by Gasteiger charge is -2.32. The molecule has 0 radical (unpaired) electrons. The number of hydrogen-bond acceptors (Lipinski definition) is 10. The summed E-state index contributed by atoms with van der Waals surface area (Å²) in [6.45, 7) is 7.74. The van der Waals surface area contributed by atoms with Crippen LogP contribution in [0.3, 0.4) is 0 Å². The first-order chi connectivity index (χ1) is 29.7. The van der Waals surface area contributed by atoms with Crippen molar-refractivity contribution in [2.24, 2.45) is 29.2 Å². The summed E-state index contributed by atoms with van der Waals surface area (Å²) >= 11 is 0. The van der Waals surface area contributed by atoms with Gasteiger partial charge in [0.15, 0.2) is 11.6 Å². The number of carbonyl (C=O) groups is 6. The molecule has 3 rings (SSSR count). The summed E-state index contributed by atoms with van der Waals surface area (Å²) < 4.78 is 6.04. The van der Waals surface area contributed by atoms with Gasteiger partial charge in [0.2, 0.25) is 11.8 Å². The van der Waals surface area contributed by atoms with Crippen LogP contribution in [0.5, 0.6) is 11.5 Å². The monoisotopic (exact) mass is 861 g/mol. The first-order valence-corrected chi connectivity index (χ1v) is 23.4. The fourth-order valence-corrected chi connectivity index (χ4v) is 8.29. The molecule has 0 saturated carbocycles. The van der Waals surface area contributed by atoms with E-state index in [0.717, 1.165) is 25.7 Å². The lowest BCUT2D eigenvalue weighted by atomic mass is 9.87. The molecular formula is C50H76N4O8. The van der Waals surface area contributed by atoms with E-state index in [1.807, 2.05) is 0 Å². The number of aromatic hydroxyl groups is 1. The quantitative estimate of drug-likeness (QED) is 0.0636. The fraction of sp³-hybridized carbons (Fsp3) is 0.640. The molecule has 2 aromatic rings. The number of nitrogens with one attached hydrogen (secondary N) is 1. The number of Topliss-reactive ketones (excluding diaryl/α,β-unsaturated/α-hetero) is 4. The summed E-state index contributed by atoms with van der Waals surface area (Å²) in [5.41, 5.74) is 13.5. The number of nitrogens with two attached hydrogens (primary N) is 2. The molecule has 2 amide bonds. The van der Waals surface area contributed by atoms with E-state index in [0.29, 0.717) is 60.2 Å². The normalized spacial score (nSPS) is 17.7. The van der Waals surface area contributed by atoms with Gasteiger partial charge >= 0.3 is 0 Å². The molecule has 0 fully saturated rings. The van der Waals surface area contributed by atoms with E-state index in [1.54, 1.807) is 51.2 Å². The van der Waals surface area contributed by atoms with E-state index in [2.05, 4.69) is 12.2 Å². The Morgan fingerprint density at radius 2 is 1.50 bits per heavy atom. The van der Waals surface area contributed by atoms with E-state index in [-0.39, 0.29) is 67.8 Å². The van der Waals surface area contributed by atoms with Crippen LogP contribution < -0.4 is 21.5 Å². The number of carbonyl (C=O) groups excluding carboxylic acids is 6. The summed E-state index contributed by atoms with van der Waals surface area (Å²) in [7, 11) is 1.56. The van der Waals surface area contributed by atoms with Crippen LogP contribution in [-0.2, 0) is 35.2 Å². The lowest BCUT2D eigenvalue weighted by molar-refractivity contribution is -0.144. The molecule has 1 aliphatic heterocycles. The minimum absolute atomic E-state index is 0.0175. The van der Waals surface area contributed by atoms with Crippen molar-refractivity contribution in [1.29, 1.82) is 0 Å². The molecule has 5 atom stereocenters. The van der Waals surface area contributed by atoms with Gasteiger partial charge in [0.05, 0.1) is 6.04 Å². The lowest BCUT2D eigenvalue weighted by Crippen LogP contribution is -2.46. The van der Waals surface area contributed by atoms with Crippen LogP contribution in [0.4, 0.5) is 0 Å². The highest BCUT2D eigenvalue weighted by atomic mass is 16.5. The van der Waals surface area contributed by atoms with Gasteiger partial charge in [-0.25, -0.2) is 0 Å². The van der Waals surface area contributed by atoms with E-state index >= 15 is 0 Å². The van der Waals surface area contributed by atoms with Gasteiger partial charge in [0.25, 0.3) is 0 Å². The second kappa shape index (κ2) is 27.6. The Morgan fingerprint density at radius 1 is 0.839 bits per heavy atom. The molecule has 2 aromatic carbocycles. The Hall–Kier alpha value is -4.42. The molecule has 0 saturated heterocycles. The smallest absolute Gasteiger partial charge is 0.226 e. The molecule has 0 aromatic heterocycles. The molecule has 1 aliphatic rings. The maximum Gasteiger partial charge on any atom is 0.226 e. The van der Waals surface area contributed by atoms with Gasteiger partial charge in [0, 0.05) is 68.2 Å². The van der Waals surface area contributed by atoms with Crippen LogP contribution in [0.1, 0.15) is 160 Å². The Balaban J connectivity index is 1.96. The van der Waals surface area contributed by atoms with Gasteiger partial charge < -0.3 is 31.5 Å². The number of hydrogen-bond donors (Lipinski definition) is 4. The molecule has 62 heavy (non-hydrogen) atoms. The zero-order valence-corrected chi connectivity index (χ0v) is 38.3. The van der Waals surface area contributed by atoms with Crippen LogP contribution in [-0.4, -0.2) is 77.7 Å². The number of ketones is 4. The molecular weight excluding hydrogens is 785 g/mol. The van der Waals surface area contributed by atoms with Crippen LogP contribution in [0.25, 0.3) is 11.1 Å². The van der Waals surface area contributed by atoms with Gasteiger partial charge in [-0.1, -0.05) is 104 Å². The van der Waals surface area contributed by atoms with Crippen LogP contribution in [0.15, 0.2) is 36.4 Å². The van der Waals surface area contributed by atoms with Crippen molar-refractivity contribution in [2.75, 3.05) is 26.7 Å². The summed E-state index contributed by atoms with van der Waals surface area (Å²) in [6.07, 6.45) is 14.8. The first kappa shape index (κ1) is 51.9. The Kier molecular flexibility index (Phi) is 23.1. The number of rotatable bonds is 27. The van der Waals surface area contributed by atoms with Crippen molar-refractivity contribution in [1.82, 2.24) is 10.2 Å². The number of amides is 2. The van der Waals surface area contributed by atoms with Crippen molar-refractivity contribution < 1.29 is 38.6 Å². The number of nitrogens with zero attached hydrogens (tertiary/aromatic N) is 1. The molecule has 344 valence electrons. The Bertz CT molecular complexity index is 1780. The molecule has 0 spiro atoms. The minimum Gasteiger partial charge on any atom is -0.507 e. The number of fused-ring (bicyclic) bond motifs is 5. The SMILES string of the molecule is CCCCCCCCCCCCCC(=O)C[C@@H](CCCCN)C(=O)N(C)[C@@H]1C(=O)C[C@@H](C)C(=O)N[C@H](C(=O)C[C@@H](C)C(C)=O)Cc2ccc(O)c(c2)-c2cc1ccc2OCCN. The van der Waals surface area contributed by atoms with Crippen LogP contribution >= 0.6 is 0 Å². The van der Waals surface area contributed by atoms with Gasteiger partial charge in [-0.15, -0.1) is 0 Å². The average molecular weight is 861 g/mol. The number of benzene rings is 2. The highest BCUT2D eigenvalue weighted by Gasteiger charge is 2.36. The summed E-state index contributed by atoms with van der Waals surface area (Å²) in [6, 6.07) is 7.79. The standard InChI is InChI=1S/C50H76N4O8/c1-6-7-8-9-10-11-12-13-14-15-16-20-40(56)32-39(19-17-18-25-51)50(61)54(5)48-38-22-24-47(62-27-26-52)42(33-38)41-30-37(21-23-44(41)57)31-43(45(58)28-34(2)36(4)55)53-49(60)35(3)29-46(48)59/h21-24,30,33-35,39,43,48,57H,6-20,25-29,31-32,51-52H2,1-5H3,(H,53,60)/t34-,35-,39-,43+,48+/m1/s1. The van der Waals surface area contributed by atoms with Crippen LogP contribution in [0.2, 0.25) is 0 Å². The van der Waals surface area contributed by atoms with Crippen molar-refractivity contribution in [3.63, 3.8) is 0 Å². The van der Waals surface area contributed by atoms with Crippen molar-refractivity contribution in [2.45, 2.75) is 162 Å². The number of unbranched alkanes of at least 4 members (excludes halogenated alkanes) is 11. The average Bonchev–Trinajstić information content (AvgIpc) is 3.24. The summed E-state index contributed by atoms with van der Waals surface area (Å²) in [5.74, 6) is -3.58. The van der Waals surface area contributed by atoms with Gasteiger partial charge in [-0.2, -0.15) is 0 Å². The third kappa shape index (κ3) is 16.7. The number of likely N-dealkylation sites (N-methyl/N-ethyl adjacent to an activating group) is 1. The summed E-state index contributed by atoms with van der Waals surface area (Å²) in [4.78, 5) is 83.6. The molecule has 1 heterocycles. The maximum absolute atomic E-state index is 14.6. The van der Waals surface area contributed by atoms with Crippen molar-refractivity contribution in [3.05, 3.63) is 47.5 Å².